The second-order valence-corrected chi connectivity index (χ2v) is 8.26. The number of halogens is 1. The fourth-order valence-electron chi connectivity index (χ4n) is 4.02. The summed E-state index contributed by atoms with van der Waals surface area (Å²) in [5.74, 6) is 3.77. The predicted octanol–water partition coefficient (Wildman–Crippen LogP) is 1.13. The molecule has 182 valence electrons. The van der Waals surface area contributed by atoms with Gasteiger partial charge in [-0.05, 0) is 32.0 Å². The first kappa shape index (κ1) is 25.6. The van der Waals surface area contributed by atoms with Crippen molar-refractivity contribution in [3.8, 4) is 0 Å². The van der Waals surface area contributed by atoms with E-state index < -0.39 is 0 Å². The summed E-state index contributed by atoms with van der Waals surface area (Å²) in [6, 6.07) is 6.07. The molecule has 0 aromatic carbocycles. The monoisotopic (exact) mass is 569 g/mol. The van der Waals surface area contributed by atoms with Crippen LogP contribution in [0.15, 0.2) is 29.4 Å². The average molecular weight is 569 g/mol. The molecule has 2 aliphatic heterocycles. The fraction of sp³-hybridized carbons (Fsp3) is 0.636. The molecule has 0 saturated carbocycles. The van der Waals surface area contributed by atoms with Crippen LogP contribution in [0.1, 0.15) is 18.1 Å². The van der Waals surface area contributed by atoms with Gasteiger partial charge in [-0.2, -0.15) is 0 Å². The molecule has 11 heteroatoms. The minimum absolute atomic E-state index is 0. The van der Waals surface area contributed by atoms with Gasteiger partial charge in [0.15, 0.2) is 11.8 Å². The maximum atomic E-state index is 5.45. The number of pyridine rings is 1. The van der Waals surface area contributed by atoms with Crippen molar-refractivity contribution in [1.82, 2.24) is 34.9 Å². The van der Waals surface area contributed by atoms with Gasteiger partial charge in [-0.1, -0.05) is 6.07 Å². The van der Waals surface area contributed by atoms with E-state index in [1.807, 2.05) is 36.9 Å². The average Bonchev–Trinajstić information content (AvgIpc) is 3.17. The molecular formula is C22H36IN9O. The van der Waals surface area contributed by atoms with Crippen LogP contribution in [0.4, 0.5) is 5.82 Å². The Morgan fingerprint density at radius 2 is 1.88 bits per heavy atom. The van der Waals surface area contributed by atoms with Crippen molar-refractivity contribution in [2.45, 2.75) is 19.9 Å². The summed E-state index contributed by atoms with van der Waals surface area (Å²) in [5, 5.41) is 12.0. The summed E-state index contributed by atoms with van der Waals surface area (Å²) < 4.78 is 7.44. The largest absolute Gasteiger partial charge is 0.379 e. The molecule has 2 fully saturated rings. The van der Waals surface area contributed by atoms with Gasteiger partial charge >= 0.3 is 0 Å². The van der Waals surface area contributed by atoms with Crippen molar-refractivity contribution in [2.75, 3.05) is 70.5 Å². The van der Waals surface area contributed by atoms with Crippen molar-refractivity contribution >= 4 is 35.8 Å². The van der Waals surface area contributed by atoms with Gasteiger partial charge in [-0.3, -0.25) is 4.90 Å². The standard InChI is InChI=1S/C22H35N9O.HI/c1-19-26-27-21(28(19)2)18-25-22(24-8-5-9-29-14-16-32-17-15-29)31-12-10-30(11-13-31)20-6-3-4-7-23-20;/h3-4,6-7H,5,8-18H2,1-2H3,(H,24,25);1H. The molecule has 0 atom stereocenters. The van der Waals surface area contributed by atoms with Crippen LogP contribution in [-0.2, 0) is 18.3 Å². The summed E-state index contributed by atoms with van der Waals surface area (Å²) in [6.07, 6.45) is 2.93. The first-order chi connectivity index (χ1) is 15.7. The number of nitrogens with one attached hydrogen (secondary N) is 1. The van der Waals surface area contributed by atoms with Crippen LogP contribution in [0.25, 0.3) is 0 Å². The normalized spacial score (nSPS) is 17.7. The van der Waals surface area contributed by atoms with E-state index in [0.717, 1.165) is 95.4 Å². The summed E-state index contributed by atoms with van der Waals surface area (Å²) in [7, 11) is 1.99. The van der Waals surface area contributed by atoms with Gasteiger partial charge < -0.3 is 24.4 Å². The number of guanidine groups is 1. The molecule has 0 amide bonds. The summed E-state index contributed by atoms with van der Waals surface area (Å²) in [4.78, 5) is 16.6. The molecule has 0 aliphatic carbocycles. The molecule has 2 saturated heterocycles. The number of piperazine rings is 1. The Balaban J connectivity index is 0.00000306. The topological polar surface area (TPSA) is 86.9 Å². The molecule has 2 aromatic heterocycles. The van der Waals surface area contributed by atoms with Crippen molar-refractivity contribution in [3.63, 3.8) is 0 Å². The zero-order valence-electron chi connectivity index (χ0n) is 19.7. The van der Waals surface area contributed by atoms with Crippen molar-refractivity contribution in [3.05, 3.63) is 36.0 Å². The summed E-state index contributed by atoms with van der Waals surface area (Å²) in [6.45, 7) is 11.9. The van der Waals surface area contributed by atoms with Crippen LogP contribution in [0.3, 0.4) is 0 Å². The highest BCUT2D eigenvalue weighted by Gasteiger charge is 2.21. The van der Waals surface area contributed by atoms with E-state index in [1.54, 1.807) is 0 Å². The van der Waals surface area contributed by atoms with Crippen molar-refractivity contribution < 1.29 is 4.74 Å². The van der Waals surface area contributed by atoms with Gasteiger partial charge in [0.2, 0.25) is 0 Å². The maximum absolute atomic E-state index is 5.45. The lowest BCUT2D eigenvalue weighted by Crippen LogP contribution is -2.53. The molecule has 0 bridgehead atoms. The Kier molecular flexibility index (Phi) is 10.1. The van der Waals surface area contributed by atoms with Crippen LogP contribution >= 0.6 is 24.0 Å². The molecule has 0 radical (unpaired) electrons. The molecule has 0 spiro atoms. The lowest BCUT2D eigenvalue weighted by molar-refractivity contribution is 0.0375. The number of ether oxygens (including phenoxy) is 1. The number of nitrogens with zero attached hydrogens (tertiary/aromatic N) is 8. The zero-order valence-corrected chi connectivity index (χ0v) is 22.0. The zero-order chi connectivity index (χ0) is 22.2. The smallest absolute Gasteiger partial charge is 0.194 e. The number of aliphatic imine (C=N–C) groups is 1. The molecule has 4 rings (SSSR count). The number of aryl methyl sites for hydroxylation is 1. The minimum Gasteiger partial charge on any atom is -0.379 e. The van der Waals surface area contributed by atoms with Crippen LogP contribution in [0.2, 0.25) is 0 Å². The van der Waals surface area contributed by atoms with E-state index in [9.17, 15) is 0 Å². The molecule has 33 heavy (non-hydrogen) atoms. The minimum atomic E-state index is 0. The second-order valence-electron chi connectivity index (χ2n) is 8.26. The number of hydrogen-bond acceptors (Lipinski definition) is 7. The molecule has 2 aromatic rings. The molecule has 0 unspecified atom stereocenters. The van der Waals surface area contributed by atoms with Crippen LogP contribution in [0.5, 0.6) is 0 Å². The first-order valence-electron chi connectivity index (χ1n) is 11.5. The van der Waals surface area contributed by atoms with Gasteiger partial charge in [0, 0.05) is 59.1 Å². The summed E-state index contributed by atoms with van der Waals surface area (Å²) in [5.41, 5.74) is 0. The first-order valence-corrected chi connectivity index (χ1v) is 11.5. The Labute approximate surface area is 213 Å². The third-order valence-electron chi connectivity index (χ3n) is 6.14. The summed E-state index contributed by atoms with van der Waals surface area (Å²) >= 11 is 0. The Hall–Kier alpha value is -1.99. The SMILES string of the molecule is Cc1nnc(CN=C(NCCCN2CCOCC2)N2CCN(c3ccccn3)CC2)n1C.I. The van der Waals surface area contributed by atoms with E-state index in [4.69, 9.17) is 9.73 Å². The van der Waals surface area contributed by atoms with Gasteiger partial charge in [-0.25, -0.2) is 9.98 Å². The number of rotatable bonds is 7. The third kappa shape index (κ3) is 7.24. The highest BCUT2D eigenvalue weighted by molar-refractivity contribution is 14.0. The van der Waals surface area contributed by atoms with E-state index in [-0.39, 0.29) is 24.0 Å². The van der Waals surface area contributed by atoms with Gasteiger partial charge in [0.25, 0.3) is 0 Å². The molecule has 1 N–H and O–H groups in total. The van der Waals surface area contributed by atoms with Gasteiger partial charge in [0.1, 0.15) is 18.2 Å². The molecule has 2 aliphatic rings. The number of morpholine rings is 1. The van der Waals surface area contributed by atoms with Gasteiger partial charge in [-0.15, -0.1) is 34.2 Å². The number of anilines is 1. The van der Waals surface area contributed by atoms with E-state index >= 15 is 0 Å². The highest BCUT2D eigenvalue weighted by Crippen LogP contribution is 2.13. The van der Waals surface area contributed by atoms with Crippen molar-refractivity contribution in [2.24, 2.45) is 12.0 Å². The maximum Gasteiger partial charge on any atom is 0.194 e. The molecule has 10 nitrogen and oxygen atoms in total. The highest BCUT2D eigenvalue weighted by atomic mass is 127. The van der Waals surface area contributed by atoms with Crippen LogP contribution in [0, 0.1) is 6.92 Å². The lowest BCUT2D eigenvalue weighted by Gasteiger charge is -2.37. The number of hydrogen-bond donors (Lipinski definition) is 1. The second kappa shape index (κ2) is 13.0. The predicted molar refractivity (Wildman–Crippen MR) is 140 cm³/mol. The molecule has 4 heterocycles. The molecular weight excluding hydrogens is 533 g/mol. The Morgan fingerprint density at radius 3 is 2.55 bits per heavy atom. The van der Waals surface area contributed by atoms with E-state index in [1.165, 1.54) is 0 Å². The lowest BCUT2D eigenvalue weighted by atomic mass is 10.3. The number of aromatic nitrogens is 4. The Bertz CT molecular complexity index is 862. The third-order valence-corrected chi connectivity index (χ3v) is 6.14. The van der Waals surface area contributed by atoms with Gasteiger partial charge in [0.05, 0.1) is 13.2 Å². The van der Waals surface area contributed by atoms with Crippen LogP contribution in [-0.4, -0.2) is 101 Å². The quantitative estimate of drug-likeness (QED) is 0.230. The fourth-order valence-corrected chi connectivity index (χ4v) is 4.02. The Morgan fingerprint density at radius 1 is 1.09 bits per heavy atom. The van der Waals surface area contributed by atoms with Crippen molar-refractivity contribution in [1.29, 1.82) is 0 Å². The van der Waals surface area contributed by atoms with Crippen LogP contribution < -0.4 is 10.2 Å². The van der Waals surface area contributed by atoms with E-state index in [2.05, 4.69) is 41.3 Å². The van der Waals surface area contributed by atoms with E-state index in [0.29, 0.717) is 6.54 Å².